The lowest BCUT2D eigenvalue weighted by Gasteiger charge is -2.28. The van der Waals surface area contributed by atoms with Crippen molar-refractivity contribution in [3.63, 3.8) is 0 Å². The number of alkyl halides is 1. The Hall–Kier alpha value is -3.15. The lowest BCUT2D eigenvalue weighted by Crippen LogP contribution is -2.53. The van der Waals surface area contributed by atoms with Crippen molar-refractivity contribution in [2.75, 3.05) is 20.4 Å². The van der Waals surface area contributed by atoms with Crippen molar-refractivity contribution in [3.8, 4) is 0 Å². The molecule has 1 aromatic rings. The number of halogens is 1. The number of fused-ring (bicyclic) bond motifs is 1. The Morgan fingerprint density at radius 3 is 2.72 bits per heavy atom. The van der Waals surface area contributed by atoms with Crippen LogP contribution in [0.15, 0.2) is 6.33 Å². The molecule has 1 aliphatic carbocycles. The number of guanidine groups is 1. The third-order valence-electron chi connectivity index (χ3n) is 7.27. The SMILES string of the molecule is CNC1=c2ncn([C@@H]3O[C@H](COCOC(=O)C(C)(C)C)[C@@H](OC(=O)CC4CCCCC4)[C@@]3(C)F)c2=[N+]=C(N)N1. The van der Waals surface area contributed by atoms with E-state index in [1.807, 2.05) is 0 Å². The molecule has 3 heterocycles. The van der Waals surface area contributed by atoms with Crippen LogP contribution in [0.25, 0.3) is 5.82 Å². The number of imidazole rings is 1. The standard InChI is InChI=1S/C26H39FN6O6/c1-25(2,3)23(35)37-14-36-12-16-19(39-17(34)11-15-9-7-6-8-10-15)26(4,27)22(38-16)33-13-30-18-20(29-5)31-24(28)32-21(18)33/h13,15-16,19,22H,6-12,14H2,1-5H3,(H3,28,29,31,32)/p+1/t16-,19-,22-,26-/m1/s1. The summed E-state index contributed by atoms with van der Waals surface area (Å²) in [6.07, 6.45) is 3.33. The third-order valence-corrected chi connectivity index (χ3v) is 7.27. The number of carbonyl (C=O) groups excluding carboxylic acids is 2. The van der Waals surface area contributed by atoms with Gasteiger partial charge < -0.3 is 24.3 Å². The van der Waals surface area contributed by atoms with Crippen LogP contribution in [0.3, 0.4) is 0 Å². The molecule has 1 saturated carbocycles. The molecule has 216 valence electrons. The van der Waals surface area contributed by atoms with Crippen LogP contribution in [-0.2, 0) is 28.5 Å². The van der Waals surface area contributed by atoms with E-state index in [9.17, 15) is 9.59 Å². The largest absolute Gasteiger partial charge is 0.456 e. The van der Waals surface area contributed by atoms with Crippen LogP contribution < -0.4 is 31.9 Å². The number of hydrogen-bond donors (Lipinski definition) is 3. The first-order chi connectivity index (χ1) is 18.4. The van der Waals surface area contributed by atoms with E-state index in [1.165, 1.54) is 17.8 Å². The first-order valence-corrected chi connectivity index (χ1v) is 13.4. The van der Waals surface area contributed by atoms with E-state index >= 15 is 4.39 Å². The summed E-state index contributed by atoms with van der Waals surface area (Å²) in [4.78, 5) is 29.4. The molecule has 0 bridgehead atoms. The van der Waals surface area contributed by atoms with Gasteiger partial charge in [-0.15, -0.1) is 0 Å². The zero-order valence-corrected chi connectivity index (χ0v) is 23.3. The fraction of sp³-hybridized carbons (Fsp3) is 0.731. The molecule has 2 aliphatic heterocycles. The van der Waals surface area contributed by atoms with Gasteiger partial charge in [-0.05, 0) is 46.5 Å². The van der Waals surface area contributed by atoms with Gasteiger partial charge in [0.1, 0.15) is 12.4 Å². The highest BCUT2D eigenvalue weighted by Gasteiger charge is 2.59. The van der Waals surface area contributed by atoms with E-state index < -0.39 is 41.5 Å². The molecule has 4 rings (SSSR count). The zero-order valence-electron chi connectivity index (χ0n) is 23.3. The lowest BCUT2D eigenvalue weighted by molar-refractivity contribution is -0.172. The van der Waals surface area contributed by atoms with Gasteiger partial charge in [-0.2, -0.15) is 0 Å². The molecule has 0 aromatic carbocycles. The first kappa shape index (κ1) is 28.8. The molecular weight excluding hydrogens is 511 g/mol. The monoisotopic (exact) mass is 551 g/mol. The van der Waals surface area contributed by atoms with Gasteiger partial charge in [0, 0.05) is 13.5 Å². The molecule has 0 spiro atoms. The summed E-state index contributed by atoms with van der Waals surface area (Å²) in [7, 11) is 1.69. The summed E-state index contributed by atoms with van der Waals surface area (Å²) in [5.41, 5.74) is 3.34. The molecule has 13 heteroatoms. The maximum atomic E-state index is 16.6. The second-order valence-electron chi connectivity index (χ2n) is 11.5. The minimum Gasteiger partial charge on any atom is -0.456 e. The smallest absolute Gasteiger partial charge is 0.398 e. The average molecular weight is 552 g/mol. The Kier molecular flexibility index (Phi) is 8.53. The van der Waals surface area contributed by atoms with E-state index in [0.717, 1.165) is 32.1 Å². The number of hydrogen-bond acceptors (Lipinski definition) is 10. The Bertz CT molecular complexity index is 1230. The molecule has 0 unspecified atom stereocenters. The summed E-state index contributed by atoms with van der Waals surface area (Å²) in [5.74, 6) is -0.0879. The highest BCUT2D eigenvalue weighted by Crippen LogP contribution is 2.43. The van der Waals surface area contributed by atoms with Crippen LogP contribution in [0.4, 0.5) is 4.39 Å². The van der Waals surface area contributed by atoms with Crippen LogP contribution in [0, 0.1) is 11.3 Å². The number of nitrogens with one attached hydrogen (secondary N) is 2. The van der Waals surface area contributed by atoms with Gasteiger partial charge in [-0.25, -0.2) is 23.9 Å². The van der Waals surface area contributed by atoms with Crippen molar-refractivity contribution >= 4 is 23.7 Å². The van der Waals surface area contributed by atoms with Crippen LogP contribution >= 0.6 is 0 Å². The highest BCUT2D eigenvalue weighted by molar-refractivity contribution is 5.83. The quantitative estimate of drug-likeness (QED) is 0.163. The maximum absolute atomic E-state index is 16.6. The van der Waals surface area contributed by atoms with Crippen molar-refractivity contribution in [1.29, 1.82) is 0 Å². The molecule has 1 aromatic heterocycles. The Morgan fingerprint density at radius 1 is 1.33 bits per heavy atom. The van der Waals surface area contributed by atoms with Gasteiger partial charge >= 0.3 is 23.4 Å². The number of nitrogens with zero attached hydrogens (tertiary/aromatic N) is 3. The predicted octanol–water partition coefficient (Wildman–Crippen LogP) is -0.156. The second-order valence-corrected chi connectivity index (χ2v) is 11.5. The van der Waals surface area contributed by atoms with Crippen LogP contribution in [0.2, 0.25) is 0 Å². The van der Waals surface area contributed by atoms with Gasteiger partial charge in [-0.3, -0.25) is 15.3 Å². The Labute approximate surface area is 226 Å². The van der Waals surface area contributed by atoms with Crippen molar-refractivity contribution in [3.05, 3.63) is 17.2 Å². The van der Waals surface area contributed by atoms with Crippen LogP contribution in [0.1, 0.15) is 72.4 Å². The molecule has 1 saturated heterocycles. The lowest BCUT2D eigenvalue weighted by atomic mass is 9.87. The highest BCUT2D eigenvalue weighted by atomic mass is 19.1. The summed E-state index contributed by atoms with van der Waals surface area (Å²) < 4.78 is 44.9. The molecule has 12 nitrogen and oxygen atoms in total. The first-order valence-electron chi connectivity index (χ1n) is 13.4. The minimum absolute atomic E-state index is 0.100. The number of aromatic nitrogens is 2. The van der Waals surface area contributed by atoms with E-state index in [0.29, 0.717) is 11.2 Å². The van der Waals surface area contributed by atoms with Crippen molar-refractivity contribution < 1.29 is 32.9 Å². The predicted molar refractivity (Wildman–Crippen MR) is 138 cm³/mol. The van der Waals surface area contributed by atoms with Gasteiger partial charge in [0.2, 0.25) is 11.9 Å². The topological polar surface area (TPSA) is 153 Å². The second kappa shape index (κ2) is 11.5. The van der Waals surface area contributed by atoms with Gasteiger partial charge in [0.05, 0.1) is 12.0 Å². The van der Waals surface area contributed by atoms with Gasteiger partial charge in [0.15, 0.2) is 24.1 Å². The summed E-state index contributed by atoms with van der Waals surface area (Å²) >= 11 is 0. The number of ether oxygens (including phenoxy) is 4. The van der Waals surface area contributed by atoms with Crippen LogP contribution in [-0.4, -0.2) is 65.8 Å². The summed E-state index contributed by atoms with van der Waals surface area (Å²) in [6, 6.07) is 0. The van der Waals surface area contributed by atoms with E-state index in [1.54, 1.807) is 27.8 Å². The summed E-state index contributed by atoms with van der Waals surface area (Å²) in [5, 5.41) is 6.27. The van der Waals surface area contributed by atoms with Crippen LogP contribution in [0.5, 0.6) is 0 Å². The van der Waals surface area contributed by atoms with Crippen molar-refractivity contribution in [2.45, 2.75) is 90.3 Å². The molecule has 4 N–H and O–H groups in total. The number of carbonyl (C=O) groups is 2. The number of rotatable bonds is 9. The van der Waals surface area contributed by atoms with E-state index in [4.69, 9.17) is 24.7 Å². The fourth-order valence-corrected chi connectivity index (χ4v) is 5.15. The zero-order chi connectivity index (χ0) is 28.4. The fourth-order valence-electron chi connectivity index (χ4n) is 5.15. The average Bonchev–Trinajstić information content (AvgIpc) is 3.39. The molecule has 0 radical (unpaired) electrons. The molecular formula is C26H40FN6O6+. The Balaban J connectivity index is 1.56. The normalized spacial score (nSPS) is 27.2. The van der Waals surface area contributed by atoms with E-state index in [2.05, 4.69) is 20.3 Å². The molecule has 2 fully saturated rings. The number of esters is 2. The van der Waals surface area contributed by atoms with Crippen molar-refractivity contribution in [2.24, 2.45) is 17.1 Å². The molecule has 0 amide bonds. The third kappa shape index (κ3) is 6.37. The van der Waals surface area contributed by atoms with Gasteiger partial charge in [-0.1, -0.05) is 19.3 Å². The number of nitrogens with two attached hydrogens (primary N) is 1. The van der Waals surface area contributed by atoms with E-state index in [-0.39, 0.29) is 37.2 Å². The Morgan fingerprint density at radius 2 is 2.05 bits per heavy atom. The minimum atomic E-state index is -2.18. The maximum Gasteiger partial charge on any atom is 0.398 e. The van der Waals surface area contributed by atoms with Gasteiger partial charge in [0.25, 0.3) is 0 Å². The molecule has 39 heavy (non-hydrogen) atoms. The van der Waals surface area contributed by atoms with Crippen molar-refractivity contribution in [1.82, 2.24) is 24.9 Å². The molecule has 3 aliphatic rings. The summed E-state index contributed by atoms with van der Waals surface area (Å²) in [6.45, 7) is 5.98. The molecule has 4 atom stereocenters.